The van der Waals surface area contributed by atoms with Gasteiger partial charge in [-0.1, -0.05) is 18.7 Å². The molecule has 0 fully saturated rings. The molecule has 1 aliphatic carbocycles. The molecule has 3 heterocycles. The fourth-order valence-corrected chi connectivity index (χ4v) is 4.84. The molecule has 0 amide bonds. The van der Waals surface area contributed by atoms with Gasteiger partial charge in [0, 0.05) is 53.8 Å². The number of ketones is 1. The minimum Gasteiger partial charge on any atom is -0.369 e. The molecular weight excluding hydrogens is 384 g/mol. The molecule has 0 saturated carbocycles. The third-order valence-electron chi connectivity index (χ3n) is 6.77. The first-order valence-corrected chi connectivity index (χ1v) is 10.6. The van der Waals surface area contributed by atoms with Gasteiger partial charge in [-0.15, -0.1) is 0 Å². The molecule has 0 bridgehead atoms. The molecule has 3 aromatic rings. The van der Waals surface area contributed by atoms with Crippen molar-refractivity contribution in [2.24, 2.45) is 0 Å². The van der Waals surface area contributed by atoms with Crippen LogP contribution in [-0.4, -0.2) is 32.7 Å². The maximum Gasteiger partial charge on any atom is 0.150 e. The number of rotatable bonds is 3. The molecule has 1 atom stereocenters. The van der Waals surface area contributed by atoms with E-state index in [2.05, 4.69) is 50.7 Å². The molecule has 0 spiro atoms. The molecule has 5 heteroatoms. The van der Waals surface area contributed by atoms with Crippen molar-refractivity contribution in [2.75, 3.05) is 7.05 Å². The predicted octanol–water partition coefficient (Wildman–Crippen LogP) is 4.45. The van der Waals surface area contributed by atoms with E-state index in [4.69, 9.17) is 0 Å². The van der Waals surface area contributed by atoms with Crippen LogP contribution in [0.2, 0.25) is 0 Å². The quantitative estimate of drug-likeness (QED) is 0.638. The van der Waals surface area contributed by atoms with E-state index in [9.17, 15) is 4.79 Å². The molecular formula is C26H26N4O. The highest BCUT2D eigenvalue weighted by molar-refractivity contribution is 6.00. The van der Waals surface area contributed by atoms with E-state index in [0.717, 1.165) is 57.1 Å². The van der Waals surface area contributed by atoms with Gasteiger partial charge in [0.2, 0.25) is 0 Å². The minimum atomic E-state index is -0.504. The van der Waals surface area contributed by atoms with Crippen molar-refractivity contribution < 1.29 is 4.79 Å². The molecule has 1 aliphatic heterocycles. The van der Waals surface area contributed by atoms with Crippen molar-refractivity contribution in [2.45, 2.75) is 45.1 Å². The first-order valence-electron chi connectivity index (χ1n) is 10.6. The van der Waals surface area contributed by atoms with Crippen LogP contribution in [0.3, 0.4) is 0 Å². The van der Waals surface area contributed by atoms with Crippen molar-refractivity contribution in [3.63, 3.8) is 0 Å². The summed E-state index contributed by atoms with van der Waals surface area (Å²) < 4.78 is 0. The van der Waals surface area contributed by atoms with Crippen LogP contribution >= 0.6 is 0 Å². The van der Waals surface area contributed by atoms with Crippen molar-refractivity contribution in [3.8, 4) is 11.1 Å². The Bertz CT molecular complexity index is 1230. The van der Waals surface area contributed by atoms with Gasteiger partial charge >= 0.3 is 0 Å². The summed E-state index contributed by atoms with van der Waals surface area (Å²) in [5.41, 5.74) is 7.91. The number of pyridine rings is 1. The fraction of sp³-hybridized carbons (Fsp3) is 0.308. The summed E-state index contributed by atoms with van der Waals surface area (Å²) in [6.07, 6.45) is 6.24. The number of aryl methyl sites for hydroxylation is 1. The lowest BCUT2D eigenvalue weighted by molar-refractivity contribution is -0.123. The lowest BCUT2D eigenvalue weighted by atomic mass is 9.84. The number of carbonyl (C=O) groups excluding carboxylic acids is 1. The Morgan fingerprint density at radius 3 is 2.58 bits per heavy atom. The number of fused-ring (bicyclic) bond motifs is 2. The van der Waals surface area contributed by atoms with Gasteiger partial charge in [-0.05, 0) is 61.6 Å². The van der Waals surface area contributed by atoms with Crippen LogP contribution in [0.15, 0.2) is 49.4 Å². The maximum atomic E-state index is 13.5. The van der Waals surface area contributed by atoms with Crippen LogP contribution in [0.4, 0.5) is 0 Å². The lowest BCUT2D eigenvalue weighted by Crippen LogP contribution is -2.26. The van der Waals surface area contributed by atoms with Gasteiger partial charge < -0.3 is 4.90 Å². The zero-order chi connectivity index (χ0) is 21.9. The number of carbonyl (C=O) groups is 1. The van der Waals surface area contributed by atoms with Crippen LogP contribution in [0, 0.1) is 6.92 Å². The molecule has 1 aromatic carbocycles. The number of Topliss-reactive ketones (excluding diaryl/α,β-unsaturated/α-hetero) is 1. The summed E-state index contributed by atoms with van der Waals surface area (Å²) in [6.45, 7) is 10.9. The first kappa shape index (κ1) is 19.6. The van der Waals surface area contributed by atoms with E-state index < -0.39 is 5.41 Å². The van der Waals surface area contributed by atoms with Gasteiger partial charge in [-0.2, -0.15) is 0 Å². The minimum absolute atomic E-state index is 0.191. The Morgan fingerprint density at radius 1 is 1.10 bits per heavy atom. The van der Waals surface area contributed by atoms with Gasteiger partial charge in [0.05, 0.1) is 12.2 Å². The van der Waals surface area contributed by atoms with Crippen molar-refractivity contribution in [3.05, 3.63) is 83.2 Å². The normalized spacial score (nSPS) is 19.0. The van der Waals surface area contributed by atoms with E-state index in [1.165, 1.54) is 0 Å². The number of nitrogens with zero attached hydrogens (tertiary/aromatic N) is 4. The van der Waals surface area contributed by atoms with Crippen molar-refractivity contribution >= 4 is 11.5 Å². The number of hydrogen-bond donors (Lipinski definition) is 0. The van der Waals surface area contributed by atoms with Crippen LogP contribution < -0.4 is 0 Å². The monoisotopic (exact) mass is 410 g/mol. The van der Waals surface area contributed by atoms with E-state index in [0.29, 0.717) is 6.42 Å². The summed E-state index contributed by atoms with van der Waals surface area (Å²) >= 11 is 0. The third kappa shape index (κ3) is 3.07. The molecule has 0 N–H and O–H groups in total. The molecule has 0 saturated heterocycles. The molecule has 156 valence electrons. The second kappa shape index (κ2) is 6.84. The van der Waals surface area contributed by atoms with Gasteiger partial charge in [0.1, 0.15) is 5.82 Å². The van der Waals surface area contributed by atoms with Crippen LogP contribution in [0.5, 0.6) is 0 Å². The lowest BCUT2D eigenvalue weighted by Gasteiger charge is -2.18. The van der Waals surface area contributed by atoms with Gasteiger partial charge in [0.15, 0.2) is 5.78 Å². The highest BCUT2D eigenvalue weighted by atomic mass is 16.1. The molecule has 5 nitrogen and oxygen atoms in total. The Labute approximate surface area is 182 Å². The summed E-state index contributed by atoms with van der Waals surface area (Å²) in [5, 5.41) is 0. The predicted molar refractivity (Wildman–Crippen MR) is 121 cm³/mol. The smallest absolute Gasteiger partial charge is 0.150 e. The molecule has 31 heavy (non-hydrogen) atoms. The highest BCUT2D eigenvalue weighted by Gasteiger charge is 2.45. The molecule has 2 aliphatic rings. The van der Waals surface area contributed by atoms with Crippen molar-refractivity contribution in [1.29, 1.82) is 0 Å². The molecule has 2 aromatic heterocycles. The van der Waals surface area contributed by atoms with Crippen LogP contribution in [0.1, 0.15) is 53.5 Å². The summed E-state index contributed by atoms with van der Waals surface area (Å²) in [6, 6.07) is 8.47. The molecule has 1 unspecified atom stereocenters. The Balaban J connectivity index is 1.54. The second-order valence-electron chi connectivity index (χ2n) is 9.21. The second-order valence-corrected chi connectivity index (χ2v) is 9.21. The van der Waals surface area contributed by atoms with Gasteiger partial charge in [0.25, 0.3) is 0 Å². The van der Waals surface area contributed by atoms with Gasteiger partial charge in [-0.25, -0.2) is 9.97 Å². The average molecular weight is 411 g/mol. The van der Waals surface area contributed by atoms with Crippen LogP contribution in [0.25, 0.3) is 16.8 Å². The summed E-state index contributed by atoms with van der Waals surface area (Å²) in [7, 11) is 2.03. The van der Waals surface area contributed by atoms with E-state index in [-0.39, 0.29) is 11.7 Å². The standard InChI is InChI=1S/C26H26N4O/c1-15-20-8-17(11-29-24(20)14-30(15)5)9-22-21-10-18(19-12-27-16(2)28-13-19)6-7-23(21)26(3,4)25(22)31/h6-8,10-13,22H,1,9,14H2,2-5H3. The van der Waals surface area contributed by atoms with E-state index in [1.54, 1.807) is 0 Å². The first-order chi connectivity index (χ1) is 14.8. The third-order valence-corrected chi connectivity index (χ3v) is 6.77. The number of aromatic nitrogens is 3. The van der Waals surface area contributed by atoms with Gasteiger partial charge in [-0.3, -0.25) is 9.78 Å². The van der Waals surface area contributed by atoms with Crippen LogP contribution in [-0.2, 0) is 23.2 Å². The Morgan fingerprint density at radius 2 is 1.84 bits per heavy atom. The topological polar surface area (TPSA) is 59.0 Å². The summed E-state index contributed by atoms with van der Waals surface area (Å²) in [5.74, 6) is 0.815. The fourth-order valence-electron chi connectivity index (χ4n) is 4.84. The number of benzene rings is 1. The largest absolute Gasteiger partial charge is 0.369 e. The highest BCUT2D eigenvalue weighted by Crippen LogP contribution is 2.45. The Kier molecular flexibility index (Phi) is 4.33. The van der Waals surface area contributed by atoms with E-state index in [1.807, 2.05) is 46.4 Å². The molecule has 5 rings (SSSR count). The maximum absolute atomic E-state index is 13.5. The Hall–Kier alpha value is -3.34. The van der Waals surface area contributed by atoms with Crippen molar-refractivity contribution in [1.82, 2.24) is 19.9 Å². The number of hydrogen-bond acceptors (Lipinski definition) is 5. The zero-order valence-electron chi connectivity index (χ0n) is 18.4. The van der Waals surface area contributed by atoms with E-state index >= 15 is 0 Å². The summed E-state index contributed by atoms with van der Waals surface area (Å²) in [4.78, 5) is 28.9. The molecule has 0 radical (unpaired) electrons. The SMILES string of the molecule is C=C1c2cc(CC3C(=O)C(C)(C)c4ccc(-c5cnc(C)nc5)cc43)cnc2CN1C. The zero-order valence-corrected chi connectivity index (χ0v) is 18.4. The average Bonchev–Trinajstić information content (AvgIpc) is 3.14.